The predicted octanol–water partition coefficient (Wildman–Crippen LogP) is 1.91. The molecule has 0 unspecified atom stereocenters. The molecule has 1 aliphatic carbocycles. The van der Waals surface area contributed by atoms with Crippen LogP contribution in [-0.2, 0) is 12.8 Å². The molecule has 0 aromatic carbocycles. The Hall–Kier alpha value is -0.760. The molecule has 0 saturated carbocycles. The molecule has 0 bridgehead atoms. The number of hydrogen-bond donors (Lipinski definition) is 1. The van der Waals surface area contributed by atoms with E-state index < -0.39 is 0 Å². The van der Waals surface area contributed by atoms with Gasteiger partial charge >= 0.3 is 0 Å². The van der Waals surface area contributed by atoms with Crippen LogP contribution >= 0.6 is 11.6 Å². The fraction of sp³-hybridized carbons (Fsp3) is 0.444. The third kappa shape index (κ3) is 1.16. The molecule has 0 spiro atoms. The first-order chi connectivity index (χ1) is 5.79. The summed E-state index contributed by atoms with van der Waals surface area (Å²) in [4.78, 5) is 14.5. The molecular weight excluding hydrogens is 174 g/mol. The molecular formula is C9H10ClNO. The molecule has 1 aliphatic rings. The minimum absolute atomic E-state index is 0.0186. The Balaban J connectivity index is 2.62. The van der Waals surface area contributed by atoms with Crippen LogP contribution in [0.4, 0.5) is 0 Å². The molecule has 0 atom stereocenters. The largest absolute Gasteiger partial charge is 0.363 e. The summed E-state index contributed by atoms with van der Waals surface area (Å²) in [5.41, 5.74) is 1.99. The van der Waals surface area contributed by atoms with Crippen molar-refractivity contribution in [3.63, 3.8) is 0 Å². The van der Waals surface area contributed by atoms with E-state index in [1.165, 1.54) is 6.42 Å². The molecule has 2 rings (SSSR count). The Morgan fingerprint density at radius 3 is 2.92 bits per heavy atom. The van der Waals surface area contributed by atoms with Crippen LogP contribution in [0.3, 0.4) is 0 Å². The Kier molecular flexibility index (Phi) is 1.93. The molecule has 1 aromatic rings. The van der Waals surface area contributed by atoms with Gasteiger partial charge in [-0.15, -0.1) is 0 Å². The average molecular weight is 184 g/mol. The van der Waals surface area contributed by atoms with Gasteiger partial charge in [0.25, 0.3) is 0 Å². The van der Waals surface area contributed by atoms with Gasteiger partial charge in [0.05, 0.1) is 0 Å². The summed E-state index contributed by atoms with van der Waals surface area (Å²) in [6.45, 7) is 0. The fourth-order valence-corrected chi connectivity index (χ4v) is 1.84. The smallest absolute Gasteiger partial charge is 0.203 e. The van der Waals surface area contributed by atoms with Gasteiger partial charge in [-0.3, -0.25) is 4.79 Å². The zero-order chi connectivity index (χ0) is 8.55. The van der Waals surface area contributed by atoms with Crippen molar-refractivity contribution < 1.29 is 0 Å². The lowest BCUT2D eigenvalue weighted by Gasteiger charge is -2.13. The first-order valence-electron chi connectivity index (χ1n) is 4.18. The Morgan fingerprint density at radius 1 is 1.33 bits per heavy atom. The minimum atomic E-state index is 0.0186. The van der Waals surface area contributed by atoms with E-state index in [4.69, 9.17) is 11.6 Å². The molecule has 1 N–H and O–H groups in total. The van der Waals surface area contributed by atoms with Gasteiger partial charge in [-0.05, 0) is 25.7 Å². The molecule has 0 fully saturated rings. The predicted molar refractivity (Wildman–Crippen MR) is 48.7 cm³/mol. The first kappa shape index (κ1) is 7.87. The second kappa shape index (κ2) is 2.94. The van der Waals surface area contributed by atoms with Gasteiger partial charge in [-0.1, -0.05) is 11.6 Å². The monoisotopic (exact) mass is 183 g/mol. The van der Waals surface area contributed by atoms with E-state index in [1.807, 2.05) is 0 Å². The SMILES string of the molecule is O=c1c(Cl)c[nH]c2c1CCCC2. The van der Waals surface area contributed by atoms with E-state index in [-0.39, 0.29) is 5.43 Å². The molecule has 64 valence electrons. The molecule has 2 nitrogen and oxygen atoms in total. The van der Waals surface area contributed by atoms with Crippen LogP contribution < -0.4 is 5.43 Å². The van der Waals surface area contributed by atoms with Crippen LogP contribution in [0.5, 0.6) is 0 Å². The lowest BCUT2D eigenvalue weighted by molar-refractivity contribution is 0.664. The summed E-state index contributed by atoms with van der Waals surface area (Å²) in [6.07, 6.45) is 5.74. The number of halogens is 1. The highest BCUT2D eigenvalue weighted by molar-refractivity contribution is 6.30. The molecule has 0 aliphatic heterocycles. The zero-order valence-electron chi connectivity index (χ0n) is 6.69. The van der Waals surface area contributed by atoms with Crippen LogP contribution in [-0.4, -0.2) is 4.98 Å². The summed E-state index contributed by atoms with van der Waals surface area (Å²) >= 11 is 5.70. The Labute approximate surface area is 75.6 Å². The quantitative estimate of drug-likeness (QED) is 0.655. The average Bonchev–Trinajstić information content (AvgIpc) is 2.12. The summed E-state index contributed by atoms with van der Waals surface area (Å²) in [7, 11) is 0. The van der Waals surface area contributed by atoms with E-state index in [9.17, 15) is 4.79 Å². The van der Waals surface area contributed by atoms with E-state index in [1.54, 1.807) is 6.20 Å². The number of fused-ring (bicyclic) bond motifs is 1. The van der Waals surface area contributed by atoms with Gasteiger partial charge in [0.1, 0.15) is 5.02 Å². The minimum Gasteiger partial charge on any atom is -0.363 e. The van der Waals surface area contributed by atoms with Crippen molar-refractivity contribution in [1.29, 1.82) is 0 Å². The van der Waals surface area contributed by atoms with Gasteiger partial charge in [-0.2, -0.15) is 0 Å². The summed E-state index contributed by atoms with van der Waals surface area (Å²) < 4.78 is 0. The Morgan fingerprint density at radius 2 is 2.08 bits per heavy atom. The van der Waals surface area contributed by atoms with Gasteiger partial charge in [0.2, 0.25) is 5.43 Å². The number of rotatable bonds is 0. The fourth-order valence-electron chi connectivity index (χ4n) is 1.68. The summed E-state index contributed by atoms with van der Waals surface area (Å²) in [5.74, 6) is 0. The second-order valence-electron chi connectivity index (χ2n) is 3.13. The molecule has 1 aromatic heterocycles. The van der Waals surface area contributed by atoms with Crippen LogP contribution in [0.2, 0.25) is 5.02 Å². The molecule has 3 heteroatoms. The lowest BCUT2D eigenvalue weighted by Crippen LogP contribution is -2.17. The number of H-pyrrole nitrogens is 1. The van der Waals surface area contributed by atoms with E-state index in [0.29, 0.717) is 5.02 Å². The van der Waals surface area contributed by atoms with Gasteiger partial charge in [0, 0.05) is 17.5 Å². The molecule has 12 heavy (non-hydrogen) atoms. The number of hydrogen-bond acceptors (Lipinski definition) is 1. The van der Waals surface area contributed by atoms with E-state index in [2.05, 4.69) is 4.98 Å². The van der Waals surface area contributed by atoms with E-state index >= 15 is 0 Å². The highest BCUT2D eigenvalue weighted by atomic mass is 35.5. The van der Waals surface area contributed by atoms with Gasteiger partial charge in [-0.25, -0.2) is 0 Å². The normalized spacial score (nSPS) is 15.8. The standard InChI is InChI=1S/C9H10ClNO/c10-7-5-11-8-4-2-1-3-6(8)9(7)12/h5H,1-4H2,(H,11,12). The maximum Gasteiger partial charge on any atom is 0.203 e. The van der Waals surface area contributed by atoms with Crippen LogP contribution in [0.1, 0.15) is 24.1 Å². The topological polar surface area (TPSA) is 32.9 Å². The molecule has 1 heterocycles. The number of aryl methyl sites for hydroxylation is 1. The number of aromatic amines is 1. The highest BCUT2D eigenvalue weighted by Gasteiger charge is 2.13. The maximum absolute atomic E-state index is 11.5. The third-order valence-electron chi connectivity index (χ3n) is 2.33. The second-order valence-corrected chi connectivity index (χ2v) is 3.54. The van der Waals surface area contributed by atoms with Crippen molar-refractivity contribution in [2.45, 2.75) is 25.7 Å². The summed E-state index contributed by atoms with van der Waals surface area (Å²) in [5, 5.41) is 0.315. The van der Waals surface area contributed by atoms with Crippen molar-refractivity contribution in [1.82, 2.24) is 4.98 Å². The molecule has 0 amide bonds. The highest BCUT2D eigenvalue weighted by Crippen LogP contribution is 2.17. The van der Waals surface area contributed by atoms with E-state index in [0.717, 1.165) is 30.5 Å². The van der Waals surface area contributed by atoms with Crippen molar-refractivity contribution in [3.8, 4) is 0 Å². The Bertz CT molecular complexity index is 356. The lowest BCUT2D eigenvalue weighted by atomic mass is 9.96. The van der Waals surface area contributed by atoms with Crippen molar-refractivity contribution >= 4 is 11.6 Å². The molecule has 0 radical (unpaired) electrons. The van der Waals surface area contributed by atoms with Crippen molar-refractivity contribution in [3.05, 3.63) is 32.7 Å². The summed E-state index contributed by atoms with van der Waals surface area (Å²) in [6, 6.07) is 0. The van der Waals surface area contributed by atoms with Crippen LogP contribution in [0.15, 0.2) is 11.0 Å². The maximum atomic E-state index is 11.5. The van der Waals surface area contributed by atoms with Gasteiger partial charge < -0.3 is 4.98 Å². The van der Waals surface area contributed by atoms with Crippen LogP contribution in [0, 0.1) is 0 Å². The van der Waals surface area contributed by atoms with Crippen molar-refractivity contribution in [2.24, 2.45) is 0 Å². The van der Waals surface area contributed by atoms with Crippen LogP contribution in [0.25, 0.3) is 0 Å². The zero-order valence-corrected chi connectivity index (χ0v) is 7.45. The first-order valence-corrected chi connectivity index (χ1v) is 4.56. The van der Waals surface area contributed by atoms with Gasteiger partial charge in [0.15, 0.2) is 0 Å². The van der Waals surface area contributed by atoms with Crippen molar-refractivity contribution in [2.75, 3.05) is 0 Å². The third-order valence-corrected chi connectivity index (χ3v) is 2.61. The number of pyridine rings is 1. The number of aromatic nitrogens is 1. The number of nitrogens with one attached hydrogen (secondary N) is 1. The molecule has 0 saturated heterocycles.